The van der Waals surface area contributed by atoms with Gasteiger partial charge in [-0.05, 0) is 100 Å². The first-order valence-electron chi connectivity index (χ1n) is 26.4. The largest absolute Gasteiger partial charge is 0.452 e. The molecule has 0 aromatic heterocycles. The van der Waals surface area contributed by atoms with E-state index >= 15 is 0 Å². The van der Waals surface area contributed by atoms with Crippen LogP contribution in [0, 0.1) is 20.9 Å². The number of fused-ring (bicyclic) bond motifs is 2. The number of hydrogen-bond acceptors (Lipinski definition) is 4. The van der Waals surface area contributed by atoms with Gasteiger partial charge in [-0.15, -0.1) is 0 Å². The van der Waals surface area contributed by atoms with Crippen molar-refractivity contribution in [2.75, 3.05) is 0 Å². The molecule has 6 aromatic rings. The average molecular weight is 969 g/mol. The second-order valence-electron chi connectivity index (χ2n) is 28.9. The lowest BCUT2D eigenvalue weighted by atomic mass is 9.80. The molecule has 6 aromatic carbocycles. The maximum atomic E-state index is 7.71. The van der Waals surface area contributed by atoms with E-state index in [0.29, 0.717) is 23.0 Å². The molecule has 0 amide bonds. The van der Waals surface area contributed by atoms with Gasteiger partial charge < -0.3 is 18.9 Å². The Hall–Kier alpha value is -5.48. The molecule has 0 unspecified atom stereocenters. The average Bonchev–Trinajstić information content (AvgIpc) is 3.21. The summed E-state index contributed by atoms with van der Waals surface area (Å²) < 4.78 is 30.7. The highest BCUT2D eigenvalue weighted by Crippen LogP contribution is 2.57. The van der Waals surface area contributed by atoms with Crippen molar-refractivity contribution in [3.8, 4) is 46.0 Å². The maximum absolute atomic E-state index is 7.71. The summed E-state index contributed by atoms with van der Waals surface area (Å²) >= 11 is 0. The van der Waals surface area contributed by atoms with Gasteiger partial charge in [0, 0.05) is 32.7 Å². The van der Waals surface area contributed by atoms with Crippen molar-refractivity contribution in [2.24, 2.45) is 0 Å². The molecule has 384 valence electrons. The molecule has 4 heteroatoms. The minimum absolute atomic E-state index is 0.0671. The van der Waals surface area contributed by atoms with Crippen LogP contribution in [0.5, 0.6) is 46.0 Å². The van der Waals surface area contributed by atoms with Gasteiger partial charge in [0.05, 0.1) is 0 Å². The van der Waals surface area contributed by atoms with Crippen molar-refractivity contribution < 1.29 is 18.9 Å². The van der Waals surface area contributed by atoms with Crippen molar-refractivity contribution >= 4 is 0 Å². The Labute approximate surface area is 434 Å². The highest BCUT2D eigenvalue weighted by atomic mass is 16.6. The third kappa shape index (κ3) is 11.0. The Morgan fingerprint density at radius 3 is 0.639 bits per heavy atom. The normalized spacial score (nSPS) is 13.6. The van der Waals surface area contributed by atoms with Crippen molar-refractivity contribution in [3.63, 3.8) is 0 Å². The van der Waals surface area contributed by atoms with Crippen LogP contribution in [0.3, 0.4) is 0 Å². The number of ether oxygens (including phenoxy) is 4. The fraction of sp³-hybridized carbons (Fsp3) is 0.471. The van der Waals surface area contributed by atoms with Crippen molar-refractivity contribution in [3.05, 3.63) is 162 Å². The van der Waals surface area contributed by atoms with E-state index in [9.17, 15) is 0 Å². The summed E-state index contributed by atoms with van der Waals surface area (Å²) in [6.45, 7) is 54.3. The van der Waals surface area contributed by atoms with Gasteiger partial charge in [0.2, 0.25) is 11.5 Å². The second-order valence-corrected chi connectivity index (χ2v) is 28.9. The van der Waals surface area contributed by atoms with E-state index in [4.69, 9.17) is 18.9 Å². The van der Waals surface area contributed by atoms with Gasteiger partial charge >= 0.3 is 0 Å². The second kappa shape index (κ2) is 18.2. The monoisotopic (exact) mass is 969 g/mol. The molecule has 4 nitrogen and oxygen atoms in total. The summed E-state index contributed by atoms with van der Waals surface area (Å²) in [5.74, 6) is 5.07. The van der Waals surface area contributed by atoms with Gasteiger partial charge in [-0.25, -0.2) is 0 Å². The highest BCUT2D eigenvalue weighted by Gasteiger charge is 2.35. The van der Waals surface area contributed by atoms with Crippen LogP contribution >= 0.6 is 0 Å². The predicted octanol–water partition coefficient (Wildman–Crippen LogP) is 20.1. The summed E-state index contributed by atoms with van der Waals surface area (Å²) in [6, 6.07) is 35.3. The van der Waals surface area contributed by atoms with Crippen LogP contribution in [-0.2, 0) is 43.3 Å². The molecule has 0 aliphatic heterocycles. The fourth-order valence-electron chi connectivity index (χ4n) is 9.54. The third-order valence-corrected chi connectivity index (χ3v) is 14.3. The molecular formula is C68H88O4. The molecule has 0 saturated carbocycles. The molecule has 0 fully saturated rings. The molecule has 0 spiro atoms. The van der Waals surface area contributed by atoms with Gasteiger partial charge in [-0.1, -0.05) is 239 Å². The van der Waals surface area contributed by atoms with Gasteiger partial charge in [-0.3, -0.25) is 0 Å². The van der Waals surface area contributed by atoms with Crippen molar-refractivity contribution in [2.45, 2.75) is 209 Å². The quantitative estimate of drug-likeness (QED) is 0.152. The van der Waals surface area contributed by atoms with Crippen LogP contribution in [-0.4, -0.2) is 0 Å². The van der Waals surface area contributed by atoms with Crippen LogP contribution in [0.2, 0.25) is 0 Å². The maximum Gasteiger partial charge on any atom is 0.216 e. The summed E-state index contributed by atoms with van der Waals surface area (Å²) in [4.78, 5) is 0. The van der Waals surface area contributed by atoms with E-state index in [2.05, 4.69) is 263 Å². The Bertz CT molecular complexity index is 3020. The molecule has 0 bridgehead atoms. The van der Waals surface area contributed by atoms with Crippen molar-refractivity contribution in [1.29, 1.82) is 0 Å². The summed E-state index contributed by atoms with van der Waals surface area (Å²) in [5, 5.41) is 3.98. The zero-order valence-electron chi connectivity index (χ0n) is 48.9. The molecule has 1 aliphatic rings. The van der Waals surface area contributed by atoms with E-state index in [0.717, 1.165) is 66.1 Å². The number of hydrogen-bond donors (Lipinski definition) is 0. The Kier molecular flexibility index (Phi) is 13.7. The molecule has 7 rings (SSSR count). The van der Waals surface area contributed by atoms with Crippen molar-refractivity contribution in [1.82, 2.24) is 0 Å². The van der Waals surface area contributed by atoms with Crippen LogP contribution in [0.25, 0.3) is 0 Å². The topological polar surface area (TPSA) is 36.9 Å². The minimum atomic E-state index is -0.287. The Morgan fingerprint density at radius 1 is 0.236 bits per heavy atom. The van der Waals surface area contributed by atoms with Gasteiger partial charge in [-0.2, -0.15) is 0 Å². The molecule has 0 saturated heterocycles. The zero-order chi connectivity index (χ0) is 53.7. The van der Waals surface area contributed by atoms with Gasteiger partial charge in [0.25, 0.3) is 0 Å². The highest BCUT2D eigenvalue weighted by molar-refractivity contribution is 5.68. The lowest BCUT2D eigenvalue weighted by Crippen LogP contribution is -2.18. The van der Waals surface area contributed by atoms with E-state index < -0.39 is 0 Å². The van der Waals surface area contributed by atoms with Crippen LogP contribution in [0.4, 0.5) is 0 Å². The standard InChI is InChI=1S/C68H88O4/c1-61(2,3)41-29-33-51(47(37-41)65(13,14)15)69-57-55-45-27-25-26-28-46(45)56(55)58(70-52-34-30-42(62(4,5)6)38-48(52)66(16,17)18)60(72-54-36-32-44(64(10,11)12)40-50(54)68(22,23)24)59(57)71-53-35-31-43(63(7,8)9)39-49(53)67(19,20)21/h25-40H,1-24H3. The van der Waals surface area contributed by atoms with E-state index in [-0.39, 0.29) is 43.3 Å². The number of benzene rings is 6. The van der Waals surface area contributed by atoms with Gasteiger partial charge in [0.15, 0.2) is 11.5 Å². The first-order chi connectivity index (χ1) is 32.8. The molecule has 0 heterocycles. The molecule has 1 aliphatic carbocycles. The van der Waals surface area contributed by atoms with E-state index in [1.165, 1.54) is 22.3 Å². The smallest absolute Gasteiger partial charge is 0.216 e. The molecule has 0 atom stereocenters. The zero-order valence-corrected chi connectivity index (χ0v) is 48.9. The lowest BCUT2D eigenvalue weighted by Gasteiger charge is -2.31. The van der Waals surface area contributed by atoms with E-state index in [1.807, 2.05) is 0 Å². The summed E-state index contributed by atoms with van der Waals surface area (Å²) in [6.07, 6.45) is 0. The fourth-order valence-corrected chi connectivity index (χ4v) is 9.54. The number of rotatable bonds is 8. The first-order valence-corrected chi connectivity index (χ1v) is 26.4. The molecule has 0 radical (unpaired) electrons. The first kappa shape index (κ1) is 54.3. The summed E-state index contributed by atoms with van der Waals surface area (Å²) in [7, 11) is 0. The van der Waals surface area contributed by atoms with Crippen LogP contribution < -0.4 is 18.9 Å². The molecular weight excluding hydrogens is 881 g/mol. The van der Waals surface area contributed by atoms with E-state index in [1.54, 1.807) is 0 Å². The summed E-state index contributed by atoms with van der Waals surface area (Å²) in [5.41, 5.74) is 7.96. The predicted molar refractivity (Wildman–Crippen MR) is 304 cm³/mol. The van der Waals surface area contributed by atoms with Crippen LogP contribution in [0.1, 0.15) is 211 Å². The Balaban J connectivity index is 1.70. The molecule has 0 N–H and O–H groups in total. The van der Waals surface area contributed by atoms with Gasteiger partial charge in [0.1, 0.15) is 23.0 Å². The van der Waals surface area contributed by atoms with Crippen LogP contribution in [0.15, 0.2) is 97.1 Å². The minimum Gasteiger partial charge on any atom is -0.452 e. The third-order valence-electron chi connectivity index (χ3n) is 14.3. The SMILES string of the molecule is CC(C)(C)c1ccc(Oc2c(Oc3ccc(C(C)(C)C)cc3C(C)(C)C)c(Oc3ccc(C(C)(C)C)cc3C(C)(C)C)c3c(c2Oc2ccc(C(C)(C)C)cc2C(C)(C)C)=c2ccccc2=3)c(C(C)(C)C)c1. The molecule has 72 heavy (non-hydrogen) atoms. The Morgan fingerprint density at radius 2 is 0.444 bits per heavy atom. The lowest BCUT2D eigenvalue weighted by molar-refractivity contribution is 0.349.